The van der Waals surface area contributed by atoms with Crippen LogP contribution in [0.25, 0.3) is 0 Å². The number of nitrogens with zero attached hydrogens (tertiary/aromatic N) is 2. The zero-order valence-corrected chi connectivity index (χ0v) is 14.9. The molecule has 0 bridgehead atoms. The molecule has 2 rings (SSSR count). The second-order valence-electron chi connectivity index (χ2n) is 5.40. The normalized spacial score (nSPS) is 11.5. The molecule has 0 unspecified atom stereocenters. The number of aryl methyl sites for hydroxylation is 2. The highest BCUT2D eigenvalue weighted by Crippen LogP contribution is 2.30. The molecule has 22 heavy (non-hydrogen) atoms. The molecule has 4 nitrogen and oxygen atoms in total. The van der Waals surface area contributed by atoms with Crippen molar-refractivity contribution in [3.8, 4) is 0 Å². The standard InChI is InChI=1S/C16H19ClN2O2S/c1-10-8-11(2)13(4)16(12(10)3)22(20,21)19(5)15-7-6-14(17)9-18-15/h6-9H,1-5H3. The first-order chi connectivity index (χ1) is 10.2. The molecule has 0 amide bonds. The van der Waals surface area contributed by atoms with Crippen molar-refractivity contribution >= 4 is 27.4 Å². The van der Waals surface area contributed by atoms with Gasteiger partial charge >= 0.3 is 0 Å². The van der Waals surface area contributed by atoms with E-state index >= 15 is 0 Å². The van der Waals surface area contributed by atoms with Gasteiger partial charge in [-0.2, -0.15) is 0 Å². The van der Waals surface area contributed by atoms with Crippen LogP contribution in [0.1, 0.15) is 22.3 Å². The van der Waals surface area contributed by atoms with Crippen LogP contribution in [0, 0.1) is 27.7 Å². The molecule has 0 atom stereocenters. The molecule has 0 aliphatic heterocycles. The Labute approximate surface area is 136 Å². The third-order valence-electron chi connectivity index (χ3n) is 3.95. The van der Waals surface area contributed by atoms with Crippen molar-refractivity contribution in [1.29, 1.82) is 0 Å². The molecule has 2 aromatic rings. The second kappa shape index (κ2) is 5.89. The number of rotatable bonds is 3. The molecule has 1 aromatic heterocycles. The smallest absolute Gasteiger partial charge is 0.253 e. The largest absolute Gasteiger partial charge is 0.265 e. The van der Waals surface area contributed by atoms with Gasteiger partial charge in [0.15, 0.2) is 0 Å². The van der Waals surface area contributed by atoms with Crippen molar-refractivity contribution in [1.82, 2.24) is 4.98 Å². The summed E-state index contributed by atoms with van der Waals surface area (Å²) in [5, 5.41) is 0.466. The van der Waals surface area contributed by atoms with Gasteiger partial charge in [-0.3, -0.25) is 4.31 Å². The lowest BCUT2D eigenvalue weighted by Crippen LogP contribution is -2.29. The molecule has 0 aliphatic rings. The quantitative estimate of drug-likeness (QED) is 0.855. The number of anilines is 1. The summed E-state index contributed by atoms with van der Waals surface area (Å²) in [7, 11) is -2.18. The van der Waals surface area contributed by atoms with E-state index in [2.05, 4.69) is 4.98 Å². The highest BCUT2D eigenvalue weighted by Gasteiger charge is 2.27. The van der Waals surface area contributed by atoms with Gasteiger partial charge in [-0.15, -0.1) is 0 Å². The summed E-state index contributed by atoms with van der Waals surface area (Å²) in [6, 6.07) is 5.22. The number of hydrogen-bond donors (Lipinski definition) is 0. The molecular formula is C16H19ClN2O2S. The summed E-state index contributed by atoms with van der Waals surface area (Å²) in [5.74, 6) is 0.336. The van der Waals surface area contributed by atoms with E-state index in [1.807, 2.05) is 33.8 Å². The highest BCUT2D eigenvalue weighted by molar-refractivity contribution is 7.92. The molecule has 1 aromatic carbocycles. The van der Waals surface area contributed by atoms with Gasteiger partial charge in [-0.1, -0.05) is 17.7 Å². The first kappa shape index (κ1) is 16.8. The molecule has 0 spiro atoms. The van der Waals surface area contributed by atoms with E-state index < -0.39 is 10.0 Å². The highest BCUT2D eigenvalue weighted by atomic mass is 35.5. The Bertz CT molecular complexity index is 789. The summed E-state index contributed by atoms with van der Waals surface area (Å²) >= 11 is 5.81. The zero-order chi connectivity index (χ0) is 16.7. The van der Waals surface area contributed by atoms with Gasteiger partial charge in [0, 0.05) is 13.2 Å². The molecule has 1 heterocycles. The van der Waals surface area contributed by atoms with Gasteiger partial charge in [0.2, 0.25) is 0 Å². The maximum atomic E-state index is 13.0. The Kier molecular flexibility index (Phi) is 4.49. The lowest BCUT2D eigenvalue weighted by molar-refractivity contribution is 0.592. The van der Waals surface area contributed by atoms with E-state index in [1.165, 1.54) is 17.5 Å². The lowest BCUT2D eigenvalue weighted by atomic mass is 10.0. The molecule has 0 saturated carbocycles. The second-order valence-corrected chi connectivity index (χ2v) is 7.74. The van der Waals surface area contributed by atoms with Crippen LogP contribution in [0.4, 0.5) is 5.82 Å². The fourth-order valence-electron chi connectivity index (χ4n) is 2.38. The number of benzene rings is 1. The SMILES string of the molecule is Cc1cc(C)c(C)c(S(=O)(=O)N(C)c2ccc(Cl)cn2)c1C. The summed E-state index contributed by atoms with van der Waals surface area (Å²) in [5.41, 5.74) is 3.45. The first-order valence-electron chi connectivity index (χ1n) is 6.84. The van der Waals surface area contributed by atoms with E-state index in [-0.39, 0.29) is 0 Å². The Morgan fingerprint density at radius 1 is 1.05 bits per heavy atom. The Morgan fingerprint density at radius 2 is 1.59 bits per heavy atom. The summed E-state index contributed by atoms with van der Waals surface area (Å²) in [4.78, 5) is 4.44. The summed E-state index contributed by atoms with van der Waals surface area (Å²) in [6.45, 7) is 7.50. The molecule has 0 aliphatic carbocycles. The molecular weight excluding hydrogens is 320 g/mol. The van der Waals surface area contributed by atoms with Crippen LogP contribution in [0.3, 0.4) is 0 Å². The van der Waals surface area contributed by atoms with Gasteiger partial charge in [-0.25, -0.2) is 13.4 Å². The van der Waals surface area contributed by atoms with E-state index in [4.69, 9.17) is 11.6 Å². The average molecular weight is 339 g/mol. The summed E-state index contributed by atoms with van der Waals surface area (Å²) < 4.78 is 27.2. The topological polar surface area (TPSA) is 50.3 Å². The van der Waals surface area contributed by atoms with Crippen LogP contribution < -0.4 is 4.31 Å². The van der Waals surface area contributed by atoms with Gasteiger partial charge < -0.3 is 0 Å². The fraction of sp³-hybridized carbons (Fsp3) is 0.312. The van der Waals surface area contributed by atoms with Gasteiger partial charge in [0.05, 0.1) is 9.92 Å². The van der Waals surface area contributed by atoms with E-state index in [9.17, 15) is 8.42 Å². The third-order valence-corrected chi connectivity index (χ3v) is 6.21. The maximum Gasteiger partial charge on any atom is 0.265 e. The molecule has 0 saturated heterocycles. The van der Waals surface area contributed by atoms with E-state index in [1.54, 1.807) is 12.1 Å². The average Bonchev–Trinajstić information content (AvgIpc) is 2.45. The minimum atomic E-state index is -3.68. The number of sulfonamides is 1. The van der Waals surface area contributed by atoms with Gasteiger partial charge in [0.1, 0.15) is 5.82 Å². The van der Waals surface area contributed by atoms with Crippen molar-refractivity contribution < 1.29 is 8.42 Å². The number of halogens is 1. The van der Waals surface area contributed by atoms with Crippen molar-refractivity contribution in [3.63, 3.8) is 0 Å². The molecule has 0 fully saturated rings. The molecule has 118 valence electrons. The predicted octanol–water partition coefficient (Wildman–Crippen LogP) is 3.79. The minimum Gasteiger partial charge on any atom is -0.253 e. The number of hydrogen-bond acceptors (Lipinski definition) is 3. The molecule has 0 radical (unpaired) electrons. The number of aromatic nitrogens is 1. The lowest BCUT2D eigenvalue weighted by Gasteiger charge is -2.22. The fourth-order valence-corrected chi connectivity index (χ4v) is 4.22. The van der Waals surface area contributed by atoms with Crippen molar-refractivity contribution in [3.05, 3.63) is 51.7 Å². The molecule has 6 heteroatoms. The van der Waals surface area contributed by atoms with Crippen molar-refractivity contribution in [2.24, 2.45) is 0 Å². The zero-order valence-electron chi connectivity index (χ0n) is 13.3. The van der Waals surface area contributed by atoms with Crippen molar-refractivity contribution in [2.75, 3.05) is 11.4 Å². The maximum absolute atomic E-state index is 13.0. The predicted molar refractivity (Wildman–Crippen MR) is 90.2 cm³/mol. The van der Waals surface area contributed by atoms with Gasteiger partial charge in [0.25, 0.3) is 10.0 Å². The van der Waals surface area contributed by atoms with Gasteiger partial charge in [-0.05, 0) is 62.1 Å². The number of pyridine rings is 1. The minimum absolute atomic E-state index is 0.336. The van der Waals surface area contributed by atoms with Crippen LogP contribution in [0.2, 0.25) is 5.02 Å². The van der Waals surface area contributed by atoms with Crippen LogP contribution in [-0.4, -0.2) is 20.4 Å². The Morgan fingerprint density at radius 3 is 2.05 bits per heavy atom. The molecule has 0 N–H and O–H groups in total. The van der Waals surface area contributed by atoms with Crippen molar-refractivity contribution in [2.45, 2.75) is 32.6 Å². The van der Waals surface area contributed by atoms with Crippen LogP contribution in [-0.2, 0) is 10.0 Å². The Balaban J connectivity index is 2.63. The van der Waals surface area contributed by atoms with Crippen LogP contribution in [0.5, 0.6) is 0 Å². The van der Waals surface area contributed by atoms with E-state index in [0.717, 1.165) is 22.3 Å². The third kappa shape index (κ3) is 2.83. The Hall–Kier alpha value is -1.59. The first-order valence-corrected chi connectivity index (χ1v) is 8.66. The van der Waals surface area contributed by atoms with E-state index in [0.29, 0.717) is 15.7 Å². The van der Waals surface area contributed by atoms with Crippen LogP contribution >= 0.6 is 11.6 Å². The van der Waals surface area contributed by atoms with Crippen LogP contribution in [0.15, 0.2) is 29.3 Å². The monoisotopic (exact) mass is 338 g/mol. The summed E-state index contributed by atoms with van der Waals surface area (Å²) in [6.07, 6.45) is 1.43.